The summed E-state index contributed by atoms with van der Waals surface area (Å²) in [5.41, 5.74) is 3.37. The Labute approximate surface area is 99.3 Å². The molecule has 0 spiro atoms. The summed E-state index contributed by atoms with van der Waals surface area (Å²) >= 11 is 0. The minimum absolute atomic E-state index is 0.223. The minimum Gasteiger partial charge on any atom is -0.394 e. The maximum atomic E-state index is 12.6. The maximum Gasteiger partial charge on any atom is 0.417 e. The van der Waals surface area contributed by atoms with Crippen LogP contribution in [0.4, 0.5) is 18.9 Å². The van der Waals surface area contributed by atoms with Crippen LogP contribution in [0, 0.1) is 0 Å². The summed E-state index contributed by atoms with van der Waals surface area (Å²) in [6.45, 7) is 0. The molecular weight excluding hydrogens is 249 g/mol. The van der Waals surface area contributed by atoms with Gasteiger partial charge < -0.3 is 5.73 Å². The highest BCUT2D eigenvalue weighted by molar-refractivity contribution is 5.42. The smallest absolute Gasteiger partial charge is 0.394 e. The van der Waals surface area contributed by atoms with Crippen molar-refractivity contribution in [2.24, 2.45) is 7.05 Å². The Morgan fingerprint density at radius 3 is 2.50 bits per heavy atom. The number of nitrogens with two attached hydrogens (primary N) is 1. The van der Waals surface area contributed by atoms with Gasteiger partial charge in [-0.1, -0.05) is 0 Å². The topological polar surface area (TPSA) is 65.8 Å². The predicted molar refractivity (Wildman–Crippen MR) is 58.2 cm³/mol. The molecule has 0 saturated heterocycles. The molecule has 0 aliphatic heterocycles. The highest BCUT2D eigenvalue weighted by Crippen LogP contribution is 2.29. The van der Waals surface area contributed by atoms with Crippen molar-refractivity contribution in [3.63, 3.8) is 0 Å². The quantitative estimate of drug-likeness (QED) is 0.835. The van der Waals surface area contributed by atoms with Crippen molar-refractivity contribution in [1.29, 1.82) is 0 Å². The zero-order valence-corrected chi connectivity index (χ0v) is 9.27. The molecule has 2 heterocycles. The van der Waals surface area contributed by atoms with Gasteiger partial charge in [-0.15, -0.1) is 0 Å². The van der Waals surface area contributed by atoms with E-state index in [0.29, 0.717) is 12.3 Å². The first-order valence-electron chi connectivity index (χ1n) is 4.87. The molecule has 8 heteroatoms. The van der Waals surface area contributed by atoms with E-state index in [1.165, 1.54) is 17.1 Å². The number of anilines is 1. The summed E-state index contributed by atoms with van der Waals surface area (Å²) in [6, 6.07) is 0.620. The van der Waals surface area contributed by atoms with Gasteiger partial charge in [-0.05, 0) is 6.07 Å². The summed E-state index contributed by atoms with van der Waals surface area (Å²) in [5.74, 6) is 0. The predicted octanol–water partition coefficient (Wildman–Crippen LogP) is 1.17. The molecule has 0 radical (unpaired) electrons. The fourth-order valence-electron chi connectivity index (χ4n) is 1.48. The fourth-order valence-corrected chi connectivity index (χ4v) is 1.48. The van der Waals surface area contributed by atoms with E-state index in [1.807, 2.05) is 0 Å². The molecule has 0 bridgehead atoms. The van der Waals surface area contributed by atoms with E-state index in [-0.39, 0.29) is 5.69 Å². The van der Waals surface area contributed by atoms with Crippen molar-refractivity contribution < 1.29 is 13.2 Å². The summed E-state index contributed by atoms with van der Waals surface area (Å²) in [5, 5.41) is 3.79. The van der Waals surface area contributed by atoms with Crippen molar-refractivity contribution in [3.8, 4) is 5.69 Å². The van der Waals surface area contributed by atoms with Crippen LogP contribution in [-0.2, 0) is 13.2 Å². The molecule has 0 aromatic carbocycles. The van der Waals surface area contributed by atoms with E-state index < -0.39 is 23.0 Å². The second kappa shape index (κ2) is 3.90. The highest BCUT2D eigenvalue weighted by Gasteiger charge is 2.32. The van der Waals surface area contributed by atoms with Gasteiger partial charge in [0.05, 0.1) is 23.1 Å². The molecule has 0 saturated carbocycles. The van der Waals surface area contributed by atoms with Gasteiger partial charge in [-0.25, -0.2) is 0 Å². The molecule has 0 aliphatic carbocycles. The lowest BCUT2D eigenvalue weighted by atomic mass is 10.2. The number of aryl methyl sites for hydroxylation is 1. The third kappa shape index (κ3) is 2.08. The largest absolute Gasteiger partial charge is 0.417 e. The third-order valence-electron chi connectivity index (χ3n) is 2.34. The lowest BCUT2D eigenvalue weighted by Gasteiger charge is -2.10. The van der Waals surface area contributed by atoms with Gasteiger partial charge in [0, 0.05) is 19.4 Å². The molecule has 0 amide bonds. The number of nitrogen functional groups attached to an aromatic ring is 1. The number of hydrogen-bond acceptors (Lipinski definition) is 3. The number of halogens is 3. The molecule has 2 rings (SSSR count). The molecule has 2 N–H and O–H groups in total. The molecule has 96 valence electrons. The first-order chi connectivity index (χ1) is 8.29. The average molecular weight is 258 g/mol. The molecule has 2 aromatic rings. The van der Waals surface area contributed by atoms with Crippen molar-refractivity contribution in [1.82, 2.24) is 14.3 Å². The number of aromatic nitrogens is 3. The second-order valence-electron chi connectivity index (χ2n) is 3.73. The van der Waals surface area contributed by atoms with Crippen LogP contribution < -0.4 is 11.3 Å². The van der Waals surface area contributed by atoms with Crippen molar-refractivity contribution in [3.05, 3.63) is 40.6 Å². The third-order valence-corrected chi connectivity index (χ3v) is 2.34. The Morgan fingerprint density at radius 2 is 2.00 bits per heavy atom. The first-order valence-corrected chi connectivity index (χ1v) is 4.87. The summed E-state index contributed by atoms with van der Waals surface area (Å²) in [7, 11) is 1.59. The van der Waals surface area contributed by atoms with Gasteiger partial charge in [0.25, 0.3) is 5.56 Å². The van der Waals surface area contributed by atoms with Crippen LogP contribution in [0.25, 0.3) is 5.69 Å². The average Bonchev–Trinajstić information content (AvgIpc) is 2.67. The van der Waals surface area contributed by atoms with Gasteiger partial charge in [0.15, 0.2) is 0 Å². The summed E-state index contributed by atoms with van der Waals surface area (Å²) in [4.78, 5) is 11.7. The lowest BCUT2D eigenvalue weighted by Crippen LogP contribution is -2.23. The minimum atomic E-state index is -4.56. The molecular formula is C10H9F3N4O. The van der Waals surface area contributed by atoms with Gasteiger partial charge >= 0.3 is 6.18 Å². The van der Waals surface area contributed by atoms with E-state index in [0.717, 1.165) is 4.57 Å². The van der Waals surface area contributed by atoms with Crippen LogP contribution in [0.3, 0.4) is 0 Å². The fraction of sp³-hybridized carbons (Fsp3) is 0.200. The number of rotatable bonds is 1. The van der Waals surface area contributed by atoms with Gasteiger partial charge in [-0.3, -0.25) is 14.0 Å². The van der Waals surface area contributed by atoms with Crippen LogP contribution in [0.1, 0.15) is 5.56 Å². The van der Waals surface area contributed by atoms with Gasteiger partial charge in [-0.2, -0.15) is 18.3 Å². The van der Waals surface area contributed by atoms with E-state index in [9.17, 15) is 18.0 Å². The van der Waals surface area contributed by atoms with Gasteiger partial charge in [0.1, 0.15) is 0 Å². The number of pyridine rings is 1. The van der Waals surface area contributed by atoms with E-state index in [1.54, 1.807) is 7.05 Å². The Balaban J connectivity index is 2.67. The van der Waals surface area contributed by atoms with E-state index in [2.05, 4.69) is 5.10 Å². The summed E-state index contributed by atoms with van der Waals surface area (Å²) < 4.78 is 40.0. The monoisotopic (exact) mass is 258 g/mol. The maximum absolute atomic E-state index is 12.6. The number of nitrogens with zero attached hydrogens (tertiary/aromatic N) is 3. The van der Waals surface area contributed by atoms with Crippen LogP contribution >= 0.6 is 0 Å². The zero-order valence-electron chi connectivity index (χ0n) is 9.27. The molecule has 0 fully saturated rings. The standard InChI is InChI=1S/C10H9F3N4O/c1-16-5-7(3-15-16)17-4-6(10(11,12)13)2-8(14)9(17)18/h2-5H,14H2,1H3. The zero-order chi connectivity index (χ0) is 13.5. The second-order valence-corrected chi connectivity index (χ2v) is 3.73. The first kappa shape index (κ1) is 12.2. The van der Waals surface area contributed by atoms with Crippen LogP contribution in [0.2, 0.25) is 0 Å². The molecule has 0 atom stereocenters. The van der Waals surface area contributed by atoms with E-state index in [4.69, 9.17) is 5.73 Å². The Morgan fingerprint density at radius 1 is 1.33 bits per heavy atom. The Kier molecular flexibility index (Phi) is 2.64. The van der Waals surface area contributed by atoms with Crippen LogP contribution in [-0.4, -0.2) is 14.3 Å². The SMILES string of the molecule is Cn1cc(-n2cc(C(F)(F)F)cc(N)c2=O)cn1. The molecule has 2 aromatic heterocycles. The molecule has 18 heavy (non-hydrogen) atoms. The van der Waals surface area contributed by atoms with Gasteiger partial charge in [0.2, 0.25) is 0 Å². The Bertz CT molecular complexity index is 641. The normalized spacial score (nSPS) is 11.8. The van der Waals surface area contributed by atoms with Crippen molar-refractivity contribution in [2.45, 2.75) is 6.18 Å². The molecule has 5 nitrogen and oxygen atoms in total. The van der Waals surface area contributed by atoms with Crippen molar-refractivity contribution >= 4 is 5.69 Å². The van der Waals surface area contributed by atoms with Crippen molar-refractivity contribution in [2.75, 3.05) is 5.73 Å². The lowest BCUT2D eigenvalue weighted by molar-refractivity contribution is -0.137. The number of alkyl halides is 3. The highest BCUT2D eigenvalue weighted by atomic mass is 19.4. The van der Waals surface area contributed by atoms with E-state index >= 15 is 0 Å². The van der Waals surface area contributed by atoms with Crippen LogP contribution in [0.15, 0.2) is 29.5 Å². The summed E-state index contributed by atoms with van der Waals surface area (Å²) in [6.07, 6.45) is -1.16. The molecule has 0 unspecified atom stereocenters. The molecule has 0 aliphatic rings. The number of hydrogen-bond donors (Lipinski definition) is 1. The van der Waals surface area contributed by atoms with Crippen LogP contribution in [0.5, 0.6) is 0 Å². The Hall–Kier alpha value is -2.25.